The first kappa shape index (κ1) is 27.1. The predicted molar refractivity (Wildman–Crippen MR) is 135 cm³/mol. The number of hydrogen-bond acceptors (Lipinski definition) is 5. The summed E-state index contributed by atoms with van der Waals surface area (Å²) in [6, 6.07) is 23.2. The summed E-state index contributed by atoms with van der Waals surface area (Å²) in [5, 5.41) is 0.0692. The molecule has 1 atom stereocenters. The number of nitrogens with two attached hydrogens (primary N) is 1. The van der Waals surface area contributed by atoms with Crippen LogP contribution in [0.2, 0.25) is 0 Å². The Morgan fingerprint density at radius 3 is 2.24 bits per heavy atom. The molecular formula is C26H25Cl2FN2O3. The highest BCUT2D eigenvalue weighted by Gasteiger charge is 2.22. The van der Waals surface area contributed by atoms with Crippen LogP contribution in [0.4, 0.5) is 4.39 Å². The van der Waals surface area contributed by atoms with E-state index < -0.39 is 11.8 Å². The highest BCUT2D eigenvalue weighted by molar-refractivity contribution is 6.06. The largest absolute Gasteiger partial charge is 0.489 e. The molecule has 5 nitrogen and oxygen atoms in total. The average molecular weight is 503 g/mol. The molecule has 0 saturated heterocycles. The second kappa shape index (κ2) is 12.9. The van der Waals surface area contributed by atoms with E-state index in [0.29, 0.717) is 11.9 Å². The quantitative estimate of drug-likeness (QED) is 0.321. The van der Waals surface area contributed by atoms with E-state index >= 15 is 0 Å². The van der Waals surface area contributed by atoms with Crippen LogP contribution < -0.4 is 10.5 Å². The molecule has 0 fully saturated rings. The highest BCUT2D eigenvalue weighted by Crippen LogP contribution is 2.29. The van der Waals surface area contributed by atoms with Gasteiger partial charge in [0.05, 0.1) is 17.1 Å². The van der Waals surface area contributed by atoms with Gasteiger partial charge in [0.25, 0.3) is 0 Å². The molecule has 3 aromatic carbocycles. The molecule has 0 radical (unpaired) electrons. The van der Waals surface area contributed by atoms with E-state index in [9.17, 15) is 9.18 Å². The van der Waals surface area contributed by atoms with Gasteiger partial charge in [0.2, 0.25) is 0 Å². The van der Waals surface area contributed by atoms with Gasteiger partial charge in [0.1, 0.15) is 24.6 Å². The SMILES string of the molecule is Cl.Cl.NC(COc1cnc2cccc(F)c2c1C(=O)OCc1ccccc1)Cc1ccccc1. The number of ether oxygens (including phenoxy) is 2. The van der Waals surface area contributed by atoms with Crippen molar-refractivity contribution < 1.29 is 18.7 Å². The Kier molecular flexibility index (Phi) is 10.3. The molecule has 1 aromatic heterocycles. The Morgan fingerprint density at radius 1 is 0.912 bits per heavy atom. The second-order valence-electron chi connectivity index (χ2n) is 7.45. The minimum Gasteiger partial charge on any atom is -0.489 e. The summed E-state index contributed by atoms with van der Waals surface area (Å²) in [6.45, 7) is 0.195. The van der Waals surface area contributed by atoms with Gasteiger partial charge in [-0.3, -0.25) is 4.98 Å². The molecule has 4 aromatic rings. The number of pyridine rings is 1. The highest BCUT2D eigenvalue weighted by atomic mass is 35.5. The lowest BCUT2D eigenvalue weighted by Crippen LogP contribution is -2.30. The van der Waals surface area contributed by atoms with Crippen LogP contribution in [0.15, 0.2) is 85.1 Å². The van der Waals surface area contributed by atoms with Crippen molar-refractivity contribution in [1.82, 2.24) is 4.98 Å². The number of rotatable bonds is 8. The first-order valence-electron chi connectivity index (χ1n) is 10.3. The number of nitrogens with zero attached hydrogens (tertiary/aromatic N) is 1. The molecule has 1 heterocycles. The average Bonchev–Trinajstić information content (AvgIpc) is 2.82. The van der Waals surface area contributed by atoms with Gasteiger partial charge in [-0.15, -0.1) is 24.8 Å². The first-order valence-corrected chi connectivity index (χ1v) is 10.3. The molecule has 0 aliphatic rings. The van der Waals surface area contributed by atoms with Gasteiger partial charge in [-0.1, -0.05) is 66.7 Å². The van der Waals surface area contributed by atoms with Gasteiger partial charge in [0, 0.05) is 6.04 Å². The van der Waals surface area contributed by atoms with Gasteiger partial charge in [0.15, 0.2) is 5.75 Å². The Labute approximate surface area is 209 Å². The molecule has 0 aliphatic heterocycles. The van der Waals surface area contributed by atoms with Crippen LogP contribution in [0.25, 0.3) is 10.9 Å². The van der Waals surface area contributed by atoms with Crippen LogP contribution in [-0.2, 0) is 17.8 Å². The summed E-state index contributed by atoms with van der Waals surface area (Å²) in [4.78, 5) is 17.3. The monoisotopic (exact) mass is 502 g/mol. The van der Waals surface area contributed by atoms with Crippen molar-refractivity contribution in [2.24, 2.45) is 5.73 Å². The van der Waals surface area contributed by atoms with Crippen molar-refractivity contribution in [1.29, 1.82) is 0 Å². The lowest BCUT2D eigenvalue weighted by Gasteiger charge is -2.17. The standard InChI is InChI=1S/C26H23FN2O3.2ClH/c27-21-12-7-13-22-24(21)25(26(30)32-16-19-10-5-2-6-11-19)23(15-29-22)31-17-20(28)14-18-8-3-1-4-9-18;;/h1-13,15,20H,14,16-17,28H2;2*1H. The third-order valence-corrected chi connectivity index (χ3v) is 5.02. The van der Waals surface area contributed by atoms with E-state index in [2.05, 4.69) is 4.98 Å². The molecule has 4 rings (SSSR count). The molecule has 0 bridgehead atoms. The maximum atomic E-state index is 14.7. The van der Waals surface area contributed by atoms with Crippen LogP contribution in [-0.4, -0.2) is 23.6 Å². The normalized spacial score (nSPS) is 11.1. The molecule has 0 spiro atoms. The van der Waals surface area contributed by atoms with Crippen molar-refractivity contribution in [3.8, 4) is 5.75 Å². The Hall–Kier alpha value is -3.19. The van der Waals surface area contributed by atoms with Crippen molar-refractivity contribution >= 4 is 41.7 Å². The van der Waals surface area contributed by atoms with Crippen molar-refractivity contribution in [3.05, 3.63) is 108 Å². The molecule has 34 heavy (non-hydrogen) atoms. The zero-order valence-corrected chi connectivity index (χ0v) is 19.9. The summed E-state index contributed by atoms with van der Waals surface area (Å²) in [7, 11) is 0. The van der Waals surface area contributed by atoms with Gasteiger partial charge in [-0.05, 0) is 29.7 Å². The summed E-state index contributed by atoms with van der Waals surface area (Å²) in [6.07, 6.45) is 2.01. The van der Waals surface area contributed by atoms with Gasteiger partial charge < -0.3 is 15.2 Å². The van der Waals surface area contributed by atoms with Crippen LogP contribution in [0.3, 0.4) is 0 Å². The molecular weight excluding hydrogens is 478 g/mol. The lowest BCUT2D eigenvalue weighted by atomic mass is 10.1. The fraction of sp³-hybridized carbons (Fsp3) is 0.154. The van der Waals surface area contributed by atoms with E-state index in [1.54, 1.807) is 12.1 Å². The zero-order chi connectivity index (χ0) is 22.3. The first-order chi connectivity index (χ1) is 15.6. The van der Waals surface area contributed by atoms with E-state index in [-0.39, 0.29) is 60.8 Å². The van der Waals surface area contributed by atoms with E-state index in [1.165, 1.54) is 12.3 Å². The molecule has 0 aliphatic carbocycles. The predicted octanol–water partition coefficient (Wildman–Crippen LogP) is 5.52. The van der Waals surface area contributed by atoms with Crippen molar-refractivity contribution in [2.75, 3.05) is 6.61 Å². The number of carbonyl (C=O) groups excluding carboxylic acids is 1. The number of hydrogen-bond donors (Lipinski definition) is 1. The fourth-order valence-electron chi connectivity index (χ4n) is 3.46. The second-order valence-corrected chi connectivity index (χ2v) is 7.45. The van der Waals surface area contributed by atoms with Crippen LogP contribution in [0.5, 0.6) is 5.75 Å². The summed E-state index contributed by atoms with van der Waals surface area (Å²) in [5.74, 6) is -1.11. The zero-order valence-electron chi connectivity index (χ0n) is 18.2. The lowest BCUT2D eigenvalue weighted by molar-refractivity contribution is 0.0469. The molecule has 178 valence electrons. The van der Waals surface area contributed by atoms with Crippen LogP contribution in [0, 0.1) is 5.82 Å². The summed E-state index contributed by atoms with van der Waals surface area (Å²) in [5.41, 5.74) is 8.48. The van der Waals surface area contributed by atoms with Crippen LogP contribution in [0.1, 0.15) is 21.5 Å². The van der Waals surface area contributed by atoms with E-state index in [0.717, 1.165) is 11.1 Å². The number of carbonyl (C=O) groups is 1. The van der Waals surface area contributed by atoms with Gasteiger partial charge in [-0.25, -0.2) is 9.18 Å². The number of esters is 1. The Balaban J connectivity index is 0.00000204. The third kappa shape index (κ3) is 6.67. The summed E-state index contributed by atoms with van der Waals surface area (Å²) >= 11 is 0. The van der Waals surface area contributed by atoms with Crippen molar-refractivity contribution in [2.45, 2.75) is 19.1 Å². The number of fused-ring (bicyclic) bond motifs is 1. The van der Waals surface area contributed by atoms with Crippen molar-refractivity contribution in [3.63, 3.8) is 0 Å². The minimum absolute atomic E-state index is 0. The number of benzene rings is 3. The topological polar surface area (TPSA) is 74.4 Å². The van der Waals surface area contributed by atoms with Gasteiger partial charge in [-0.2, -0.15) is 0 Å². The van der Waals surface area contributed by atoms with E-state index in [1.807, 2.05) is 60.7 Å². The fourth-order valence-corrected chi connectivity index (χ4v) is 3.46. The minimum atomic E-state index is -0.682. The molecule has 0 amide bonds. The van der Waals surface area contributed by atoms with Gasteiger partial charge >= 0.3 is 5.97 Å². The maximum absolute atomic E-state index is 14.7. The molecule has 0 saturated carbocycles. The Bertz CT molecular complexity index is 1210. The molecule has 2 N–H and O–H groups in total. The van der Waals surface area contributed by atoms with Crippen LogP contribution >= 0.6 is 24.8 Å². The maximum Gasteiger partial charge on any atom is 0.343 e. The summed E-state index contributed by atoms with van der Waals surface area (Å²) < 4.78 is 26.0. The number of aromatic nitrogens is 1. The molecule has 8 heteroatoms. The third-order valence-electron chi connectivity index (χ3n) is 5.02. The Morgan fingerprint density at radius 2 is 1.56 bits per heavy atom. The van der Waals surface area contributed by atoms with E-state index in [4.69, 9.17) is 15.2 Å². The number of halogens is 3. The molecule has 1 unspecified atom stereocenters. The smallest absolute Gasteiger partial charge is 0.343 e.